The molecule has 198 valence electrons. The van der Waals surface area contributed by atoms with E-state index in [9.17, 15) is 9.90 Å². The molecule has 0 radical (unpaired) electrons. The molecule has 0 atom stereocenters. The monoisotopic (exact) mass is 551 g/mol. The molecule has 0 unspecified atom stereocenters. The van der Waals surface area contributed by atoms with E-state index in [0.29, 0.717) is 28.9 Å². The van der Waals surface area contributed by atoms with E-state index in [-0.39, 0.29) is 11.5 Å². The average Bonchev–Trinajstić information content (AvgIpc) is 3.30. The van der Waals surface area contributed by atoms with Crippen molar-refractivity contribution in [1.82, 2.24) is 9.78 Å². The number of halogens is 2. The third-order valence-corrected chi connectivity index (χ3v) is 7.10. The van der Waals surface area contributed by atoms with E-state index >= 15 is 0 Å². The zero-order chi connectivity index (χ0) is 27.4. The Bertz CT molecular complexity index is 1430. The number of carboxylic acid groups (broad SMARTS) is 1. The summed E-state index contributed by atoms with van der Waals surface area (Å²) in [4.78, 5) is 13.6. The second kappa shape index (κ2) is 11.9. The van der Waals surface area contributed by atoms with Gasteiger partial charge < -0.3 is 14.7 Å². The normalized spacial score (nSPS) is 11.1. The van der Waals surface area contributed by atoms with Gasteiger partial charge in [0, 0.05) is 18.8 Å². The Balaban J connectivity index is 1.56. The van der Waals surface area contributed by atoms with Gasteiger partial charge in [-0.2, -0.15) is 5.10 Å². The molecule has 4 aromatic rings. The average molecular weight is 553 g/mol. The van der Waals surface area contributed by atoms with Crippen molar-refractivity contribution in [3.8, 4) is 11.4 Å². The Kier molecular flexibility index (Phi) is 8.65. The molecule has 0 saturated carbocycles. The van der Waals surface area contributed by atoms with Crippen molar-refractivity contribution in [2.24, 2.45) is 0 Å². The molecule has 38 heavy (non-hydrogen) atoms. The summed E-state index contributed by atoms with van der Waals surface area (Å²) in [5.74, 6) is 0.0553. The molecule has 1 N–H and O–H groups in total. The first-order valence-corrected chi connectivity index (χ1v) is 13.3. The lowest BCUT2D eigenvalue weighted by Gasteiger charge is -2.25. The quantitative estimate of drug-likeness (QED) is 0.217. The van der Waals surface area contributed by atoms with Gasteiger partial charge in [-0.15, -0.1) is 0 Å². The first-order valence-electron chi connectivity index (χ1n) is 12.5. The van der Waals surface area contributed by atoms with Crippen molar-refractivity contribution < 1.29 is 14.6 Å². The summed E-state index contributed by atoms with van der Waals surface area (Å²) in [6, 6.07) is 18.5. The van der Waals surface area contributed by atoms with Crippen molar-refractivity contribution in [3.63, 3.8) is 0 Å². The number of aromatic carboxylic acids is 1. The molecule has 1 heterocycles. The highest BCUT2D eigenvalue weighted by Gasteiger charge is 2.19. The van der Waals surface area contributed by atoms with Crippen molar-refractivity contribution >= 4 is 34.9 Å². The number of hydrogen-bond acceptors (Lipinski definition) is 4. The molecule has 0 spiro atoms. The maximum Gasteiger partial charge on any atom is 0.335 e. The fourth-order valence-electron chi connectivity index (χ4n) is 4.51. The number of rotatable bonds is 10. The van der Waals surface area contributed by atoms with Crippen LogP contribution in [0.25, 0.3) is 5.69 Å². The van der Waals surface area contributed by atoms with Crippen LogP contribution in [0, 0.1) is 6.92 Å². The Morgan fingerprint density at radius 3 is 2.42 bits per heavy atom. The summed E-state index contributed by atoms with van der Waals surface area (Å²) in [6.45, 7) is 10.0. The van der Waals surface area contributed by atoms with E-state index in [4.69, 9.17) is 27.9 Å². The number of anilines is 1. The number of aryl methyl sites for hydroxylation is 1. The highest BCUT2D eigenvalue weighted by atomic mass is 35.5. The zero-order valence-corrected chi connectivity index (χ0v) is 23.4. The van der Waals surface area contributed by atoms with Crippen molar-refractivity contribution in [3.05, 3.63) is 105 Å². The molecule has 0 aliphatic heterocycles. The van der Waals surface area contributed by atoms with Crippen LogP contribution in [0.2, 0.25) is 10.0 Å². The summed E-state index contributed by atoms with van der Waals surface area (Å²) in [7, 11) is 0. The Morgan fingerprint density at radius 1 is 1.08 bits per heavy atom. The maximum absolute atomic E-state index is 11.4. The number of aromatic nitrogens is 2. The molecule has 0 amide bonds. The van der Waals surface area contributed by atoms with Crippen LogP contribution in [0.1, 0.15) is 59.4 Å². The lowest BCUT2D eigenvalue weighted by Crippen LogP contribution is -2.23. The molecule has 0 bridgehead atoms. The topological polar surface area (TPSA) is 67.6 Å². The number of nitrogens with zero attached hydrogens (tertiary/aromatic N) is 3. The molecule has 0 saturated heterocycles. The third-order valence-electron chi connectivity index (χ3n) is 6.49. The van der Waals surface area contributed by atoms with Crippen LogP contribution in [0.4, 0.5) is 5.69 Å². The largest absolute Gasteiger partial charge is 0.487 e. The first kappa shape index (κ1) is 27.6. The standard InChI is InChI=1S/C30H31Cl2N3O3/c1-5-34(17-21-8-6-9-22(15-21)30(36)37)27-13-12-23(14-20(27)4)38-18-28-24(19(2)3)16-33-35(28)29-25(31)10-7-11-26(29)32/h6-16,19H,5,17-18H2,1-4H3,(H,36,37). The molecule has 4 rings (SSSR count). The van der Waals surface area contributed by atoms with E-state index in [0.717, 1.165) is 40.4 Å². The fourth-order valence-corrected chi connectivity index (χ4v) is 5.07. The van der Waals surface area contributed by atoms with E-state index in [1.54, 1.807) is 35.0 Å². The molecule has 0 aliphatic carbocycles. The van der Waals surface area contributed by atoms with Gasteiger partial charge in [-0.25, -0.2) is 9.48 Å². The minimum Gasteiger partial charge on any atom is -0.487 e. The third kappa shape index (κ3) is 5.98. The summed E-state index contributed by atoms with van der Waals surface area (Å²) in [5.41, 5.74) is 5.96. The predicted molar refractivity (Wildman–Crippen MR) is 153 cm³/mol. The number of hydrogen-bond donors (Lipinski definition) is 1. The molecule has 8 heteroatoms. The van der Waals surface area contributed by atoms with Crippen LogP contribution in [-0.2, 0) is 13.2 Å². The van der Waals surface area contributed by atoms with Gasteiger partial charge >= 0.3 is 5.97 Å². The van der Waals surface area contributed by atoms with E-state index < -0.39 is 5.97 Å². The van der Waals surface area contributed by atoms with Crippen LogP contribution in [0.15, 0.2) is 66.9 Å². The van der Waals surface area contributed by atoms with Crippen LogP contribution in [0.5, 0.6) is 5.75 Å². The molecule has 0 fully saturated rings. The van der Waals surface area contributed by atoms with Gasteiger partial charge in [-0.3, -0.25) is 0 Å². The van der Waals surface area contributed by atoms with Gasteiger partial charge in [0.2, 0.25) is 0 Å². The van der Waals surface area contributed by atoms with Crippen LogP contribution >= 0.6 is 23.2 Å². The molecular formula is C30H31Cl2N3O3. The highest BCUT2D eigenvalue weighted by Crippen LogP contribution is 2.33. The lowest BCUT2D eigenvalue weighted by atomic mass is 10.0. The summed E-state index contributed by atoms with van der Waals surface area (Å²) >= 11 is 13.0. The molecular weight excluding hydrogens is 521 g/mol. The van der Waals surface area contributed by atoms with Crippen molar-refractivity contribution in [1.29, 1.82) is 0 Å². The molecule has 0 aliphatic rings. The van der Waals surface area contributed by atoms with E-state index in [1.807, 2.05) is 43.5 Å². The predicted octanol–water partition coefficient (Wildman–Crippen LogP) is 7.91. The summed E-state index contributed by atoms with van der Waals surface area (Å²) in [6.07, 6.45) is 1.84. The van der Waals surface area contributed by atoms with Gasteiger partial charge in [0.15, 0.2) is 0 Å². The smallest absolute Gasteiger partial charge is 0.335 e. The van der Waals surface area contributed by atoms with Gasteiger partial charge in [-0.05, 0) is 78.9 Å². The zero-order valence-electron chi connectivity index (χ0n) is 21.9. The Labute approximate surface area is 233 Å². The number of benzene rings is 3. The minimum atomic E-state index is -0.925. The van der Waals surface area contributed by atoms with Crippen molar-refractivity contribution in [2.75, 3.05) is 11.4 Å². The maximum atomic E-state index is 11.4. The van der Waals surface area contributed by atoms with Crippen LogP contribution < -0.4 is 9.64 Å². The summed E-state index contributed by atoms with van der Waals surface area (Å²) in [5, 5.41) is 14.9. The van der Waals surface area contributed by atoms with Crippen LogP contribution in [0.3, 0.4) is 0 Å². The highest BCUT2D eigenvalue weighted by molar-refractivity contribution is 6.37. The van der Waals surface area contributed by atoms with Gasteiger partial charge in [0.05, 0.1) is 27.5 Å². The van der Waals surface area contributed by atoms with Crippen LogP contribution in [-0.4, -0.2) is 27.4 Å². The Hall–Kier alpha value is -3.48. The number of carboxylic acids is 1. The molecule has 1 aromatic heterocycles. The van der Waals surface area contributed by atoms with E-state index in [2.05, 4.69) is 30.8 Å². The number of carbonyl (C=O) groups is 1. The van der Waals surface area contributed by atoms with Gasteiger partial charge in [0.25, 0.3) is 0 Å². The van der Waals surface area contributed by atoms with Gasteiger partial charge in [0.1, 0.15) is 18.0 Å². The second-order valence-electron chi connectivity index (χ2n) is 9.44. The van der Waals surface area contributed by atoms with Gasteiger partial charge in [-0.1, -0.05) is 55.2 Å². The first-order chi connectivity index (χ1) is 18.2. The number of para-hydroxylation sites is 1. The second-order valence-corrected chi connectivity index (χ2v) is 10.3. The summed E-state index contributed by atoms with van der Waals surface area (Å²) < 4.78 is 8.03. The van der Waals surface area contributed by atoms with Crippen molar-refractivity contribution in [2.45, 2.75) is 46.8 Å². The fraction of sp³-hybridized carbons (Fsp3) is 0.267. The molecule has 3 aromatic carbocycles. The SMILES string of the molecule is CCN(Cc1cccc(C(=O)O)c1)c1ccc(OCc2c(C(C)C)cnn2-c2c(Cl)cccc2Cl)cc1C. The molecule has 6 nitrogen and oxygen atoms in total. The Morgan fingerprint density at radius 2 is 1.79 bits per heavy atom. The van der Waals surface area contributed by atoms with E-state index in [1.165, 1.54) is 0 Å². The lowest BCUT2D eigenvalue weighted by molar-refractivity contribution is 0.0696. The number of ether oxygens (including phenoxy) is 1. The minimum absolute atomic E-state index is 0.241.